The Hall–Kier alpha value is -7.12. The third kappa shape index (κ3) is 6.90. The molecule has 242 valence electrons. The summed E-state index contributed by atoms with van der Waals surface area (Å²) in [5.74, 6) is 0. The Balaban J connectivity index is 1.22. The van der Waals surface area contributed by atoms with Gasteiger partial charge in [-0.15, -0.1) is 0 Å². The topological polar surface area (TPSA) is 99.8 Å². The molecule has 2 N–H and O–H groups in total. The molecule has 0 amide bonds. The smallest absolute Gasteiger partial charge is 0.118 e. The van der Waals surface area contributed by atoms with Crippen LogP contribution in [0.5, 0.6) is 0 Å². The first-order chi connectivity index (χ1) is 25.2. The minimum absolute atomic E-state index is 0.229. The summed E-state index contributed by atoms with van der Waals surface area (Å²) in [6.07, 6.45) is 7.31. The summed E-state index contributed by atoms with van der Waals surface area (Å²) in [5.41, 5.74) is 15.0. The van der Waals surface area contributed by atoms with E-state index in [0.717, 1.165) is 62.0 Å². The fourth-order valence-electron chi connectivity index (χ4n) is 6.00. The number of anilines is 1. The first kappa shape index (κ1) is 31.2. The number of nitrogens with zero attached hydrogens (tertiary/aromatic N) is 5. The van der Waals surface area contributed by atoms with Gasteiger partial charge in [-0.2, -0.15) is 5.10 Å². The van der Waals surface area contributed by atoms with Crippen LogP contribution in [0.15, 0.2) is 181 Å². The lowest BCUT2D eigenvalue weighted by atomic mass is 9.91. The molecule has 0 aliphatic heterocycles. The molecule has 3 aromatic carbocycles. The van der Waals surface area contributed by atoms with E-state index in [9.17, 15) is 5.41 Å². The number of hydrogen-bond acceptors (Lipinski definition) is 7. The van der Waals surface area contributed by atoms with E-state index in [4.69, 9.17) is 15.1 Å². The Labute approximate surface area is 296 Å². The summed E-state index contributed by atoms with van der Waals surface area (Å²) in [6.45, 7) is 0. The second-order valence-corrected chi connectivity index (χ2v) is 11.9. The van der Waals surface area contributed by atoms with Crippen molar-refractivity contribution < 1.29 is 0 Å². The number of allylic oxidation sites excluding steroid dienone is 4. The van der Waals surface area contributed by atoms with E-state index < -0.39 is 0 Å². The highest BCUT2D eigenvalue weighted by Gasteiger charge is 2.23. The number of pyridine rings is 4. The Morgan fingerprint density at radius 3 is 1.53 bits per heavy atom. The summed E-state index contributed by atoms with van der Waals surface area (Å²) < 4.78 is 0. The van der Waals surface area contributed by atoms with Crippen LogP contribution in [0.3, 0.4) is 0 Å². The fraction of sp³-hybridized carbons (Fsp3) is 0. The van der Waals surface area contributed by atoms with E-state index in [-0.39, 0.29) is 5.71 Å². The zero-order valence-electron chi connectivity index (χ0n) is 27.5. The average molecular weight is 658 g/mol. The van der Waals surface area contributed by atoms with Crippen LogP contribution in [0.4, 0.5) is 5.69 Å². The lowest BCUT2D eigenvalue weighted by Crippen LogP contribution is -2.20. The van der Waals surface area contributed by atoms with Gasteiger partial charge in [0, 0.05) is 23.5 Å². The van der Waals surface area contributed by atoms with E-state index in [0.29, 0.717) is 17.0 Å². The summed E-state index contributed by atoms with van der Waals surface area (Å²) in [7, 11) is 0. The summed E-state index contributed by atoms with van der Waals surface area (Å²) in [6, 6.07) is 50.1. The molecule has 0 fully saturated rings. The minimum Gasteiger partial charge on any atom is -0.299 e. The Morgan fingerprint density at radius 1 is 0.451 bits per heavy atom. The van der Waals surface area contributed by atoms with Gasteiger partial charge < -0.3 is 0 Å². The molecule has 7 heteroatoms. The van der Waals surface area contributed by atoms with E-state index in [1.54, 1.807) is 18.5 Å². The lowest BCUT2D eigenvalue weighted by molar-refractivity contribution is 1.22. The molecule has 7 nitrogen and oxygen atoms in total. The van der Waals surface area contributed by atoms with Crippen molar-refractivity contribution in [1.29, 1.82) is 5.41 Å². The average Bonchev–Trinajstić information content (AvgIpc) is 3.21. The van der Waals surface area contributed by atoms with Crippen LogP contribution < -0.4 is 5.43 Å². The number of hydrazone groups is 1. The molecule has 51 heavy (non-hydrogen) atoms. The molecule has 1 aliphatic rings. The highest BCUT2D eigenvalue weighted by Crippen LogP contribution is 2.32. The molecule has 7 aromatic rings. The third-order valence-corrected chi connectivity index (χ3v) is 8.48. The van der Waals surface area contributed by atoms with Gasteiger partial charge in [0.05, 0.1) is 45.6 Å². The second kappa shape index (κ2) is 14.2. The van der Waals surface area contributed by atoms with Crippen molar-refractivity contribution in [3.8, 4) is 45.0 Å². The van der Waals surface area contributed by atoms with Gasteiger partial charge in [0.2, 0.25) is 0 Å². The van der Waals surface area contributed by atoms with Gasteiger partial charge >= 0.3 is 0 Å². The zero-order valence-corrected chi connectivity index (χ0v) is 27.5. The SMILES string of the molecule is N=C1C=C(c2cccc(-c3ccccn3)n2)C=C(c2cccc(-c3ccccn3)n2)/C1=N/Nc1cc(-c2ccccc2)cc(-c2ccccc2)c1. The van der Waals surface area contributed by atoms with Crippen LogP contribution in [0.2, 0.25) is 0 Å². The van der Waals surface area contributed by atoms with Crippen LogP contribution in [-0.2, 0) is 0 Å². The van der Waals surface area contributed by atoms with Gasteiger partial charge in [-0.05, 0) is 101 Å². The van der Waals surface area contributed by atoms with Crippen LogP contribution in [0.1, 0.15) is 11.4 Å². The molecule has 0 unspecified atom stereocenters. The van der Waals surface area contributed by atoms with Crippen LogP contribution in [-0.4, -0.2) is 31.4 Å². The van der Waals surface area contributed by atoms with E-state index >= 15 is 0 Å². The fourth-order valence-corrected chi connectivity index (χ4v) is 6.00. The van der Waals surface area contributed by atoms with Crippen LogP contribution in [0, 0.1) is 5.41 Å². The van der Waals surface area contributed by atoms with E-state index in [1.807, 2.05) is 115 Å². The Bertz CT molecular complexity index is 2380. The van der Waals surface area contributed by atoms with Gasteiger partial charge in [-0.3, -0.25) is 20.8 Å². The van der Waals surface area contributed by atoms with Gasteiger partial charge in [0.25, 0.3) is 0 Å². The minimum atomic E-state index is 0.229. The summed E-state index contributed by atoms with van der Waals surface area (Å²) in [5, 5.41) is 14.2. The highest BCUT2D eigenvalue weighted by molar-refractivity contribution is 6.62. The van der Waals surface area contributed by atoms with Gasteiger partial charge in [0.15, 0.2) is 0 Å². The maximum Gasteiger partial charge on any atom is 0.118 e. The highest BCUT2D eigenvalue weighted by atomic mass is 15.3. The first-order valence-corrected chi connectivity index (χ1v) is 16.6. The third-order valence-electron chi connectivity index (χ3n) is 8.48. The van der Waals surface area contributed by atoms with Crippen molar-refractivity contribution in [3.05, 3.63) is 188 Å². The van der Waals surface area contributed by atoms with Crippen molar-refractivity contribution in [3.63, 3.8) is 0 Å². The van der Waals surface area contributed by atoms with E-state index in [2.05, 4.69) is 57.9 Å². The number of hydrogen-bond donors (Lipinski definition) is 2. The normalized spacial score (nSPS) is 13.4. The number of nitrogens with one attached hydrogen (secondary N) is 2. The molecule has 0 radical (unpaired) electrons. The van der Waals surface area contributed by atoms with Crippen molar-refractivity contribution in [2.24, 2.45) is 5.10 Å². The largest absolute Gasteiger partial charge is 0.299 e. The van der Waals surface area contributed by atoms with E-state index in [1.165, 1.54) is 0 Å². The molecule has 0 spiro atoms. The number of rotatable bonds is 8. The van der Waals surface area contributed by atoms with Crippen LogP contribution in [0.25, 0.3) is 56.2 Å². The summed E-state index contributed by atoms with van der Waals surface area (Å²) in [4.78, 5) is 18.9. The molecular weight excluding hydrogens is 627 g/mol. The first-order valence-electron chi connectivity index (χ1n) is 16.6. The maximum absolute atomic E-state index is 9.29. The number of benzene rings is 3. The van der Waals surface area contributed by atoms with Gasteiger partial charge in [-0.25, -0.2) is 9.97 Å². The molecule has 0 atom stereocenters. The van der Waals surface area contributed by atoms with Crippen molar-refractivity contribution in [1.82, 2.24) is 19.9 Å². The second-order valence-electron chi connectivity index (χ2n) is 11.9. The molecule has 0 saturated carbocycles. The molecule has 0 saturated heterocycles. The predicted molar refractivity (Wildman–Crippen MR) is 207 cm³/mol. The molecule has 8 rings (SSSR count). The standard InChI is InChI=1S/C44H31N7/c45-37-29-34(38-19-11-21-42(48-38)40-17-7-9-23-46-40)28-36(39-20-12-22-43(49-39)41-18-8-10-24-47-41)44(37)51-50-35-26-32(30-13-3-1-4-14-30)25-33(27-35)31-15-5-2-6-16-31/h1-29,45,50H/b45-37?,51-44-. The quantitative estimate of drug-likeness (QED) is 0.125. The van der Waals surface area contributed by atoms with Gasteiger partial charge in [-0.1, -0.05) is 84.9 Å². The predicted octanol–water partition coefficient (Wildman–Crippen LogP) is 9.90. The number of aromatic nitrogens is 4. The zero-order chi connectivity index (χ0) is 34.4. The molecule has 4 aromatic heterocycles. The molecular formula is C44H31N7. The molecule has 1 aliphatic carbocycles. The lowest BCUT2D eigenvalue weighted by Gasteiger charge is -2.18. The van der Waals surface area contributed by atoms with Gasteiger partial charge in [0.1, 0.15) is 5.71 Å². The Kier molecular flexibility index (Phi) is 8.65. The monoisotopic (exact) mass is 657 g/mol. The maximum atomic E-state index is 9.29. The summed E-state index contributed by atoms with van der Waals surface area (Å²) >= 11 is 0. The Morgan fingerprint density at radius 2 is 0.961 bits per heavy atom. The van der Waals surface area contributed by atoms with Crippen molar-refractivity contribution in [2.75, 3.05) is 5.43 Å². The molecule has 4 heterocycles. The molecule has 0 bridgehead atoms. The van der Waals surface area contributed by atoms with Crippen molar-refractivity contribution >= 4 is 28.3 Å². The van der Waals surface area contributed by atoms with Crippen molar-refractivity contribution in [2.45, 2.75) is 0 Å². The van der Waals surface area contributed by atoms with Crippen LogP contribution >= 0.6 is 0 Å².